The van der Waals surface area contributed by atoms with Crippen LogP contribution in [0.1, 0.15) is 27.2 Å². The summed E-state index contributed by atoms with van der Waals surface area (Å²) in [6.45, 7) is 11.8. The zero-order chi connectivity index (χ0) is 22.1. The molecule has 3 atom stereocenters. The summed E-state index contributed by atoms with van der Waals surface area (Å²) in [6.07, 6.45) is 1.08. The van der Waals surface area contributed by atoms with Gasteiger partial charge < -0.3 is 19.4 Å². The normalized spacial score (nSPS) is 26.2. The molecule has 0 aliphatic carbocycles. The molecule has 1 amide bonds. The summed E-state index contributed by atoms with van der Waals surface area (Å²) < 4.78 is 6.10. The summed E-state index contributed by atoms with van der Waals surface area (Å²) in [4.78, 5) is 19.8. The largest absolute Gasteiger partial charge is 0.516 e. The van der Waals surface area contributed by atoms with Crippen molar-refractivity contribution >= 4 is 17.5 Å². The van der Waals surface area contributed by atoms with Gasteiger partial charge in [-0.15, -0.1) is 0 Å². The van der Waals surface area contributed by atoms with E-state index in [1.54, 1.807) is 0 Å². The van der Waals surface area contributed by atoms with E-state index in [0.29, 0.717) is 16.3 Å². The summed E-state index contributed by atoms with van der Waals surface area (Å²) in [6, 6.07) is 8.97. The molecule has 3 rings (SSSR count). The number of ether oxygens (including phenoxy) is 1. The van der Waals surface area contributed by atoms with Crippen LogP contribution in [0.15, 0.2) is 24.3 Å². The van der Waals surface area contributed by atoms with E-state index in [4.69, 9.17) is 4.74 Å². The van der Waals surface area contributed by atoms with Crippen molar-refractivity contribution in [2.75, 3.05) is 77.3 Å². The van der Waals surface area contributed by atoms with Crippen LogP contribution in [0.2, 0.25) is 0 Å². The number of benzene rings is 1. The number of fused-ring (bicyclic) bond motifs is 1. The smallest absolute Gasteiger partial charge is 0.414 e. The highest BCUT2D eigenvalue weighted by Crippen LogP contribution is 2.38. The average molecular weight is 418 g/mol. The van der Waals surface area contributed by atoms with Gasteiger partial charge in [0.2, 0.25) is 0 Å². The molecule has 1 aromatic carbocycles. The Labute approximate surface area is 183 Å². The van der Waals surface area contributed by atoms with E-state index < -0.39 is 5.60 Å². The van der Waals surface area contributed by atoms with Crippen LogP contribution in [0.3, 0.4) is 0 Å². The molecule has 0 aromatic heterocycles. The zero-order valence-electron chi connectivity index (χ0n) is 20.0. The monoisotopic (exact) mass is 417 g/mol. The quantitative estimate of drug-likeness (QED) is 0.662. The molecule has 6 heteroatoms. The molecular formula is C24H41N4O2+. The maximum atomic E-state index is 12.7. The molecule has 168 valence electrons. The summed E-state index contributed by atoms with van der Waals surface area (Å²) in [5, 5.41) is 0. The lowest BCUT2D eigenvalue weighted by atomic mass is 10.0. The van der Waals surface area contributed by atoms with Crippen molar-refractivity contribution in [1.82, 2.24) is 4.90 Å². The van der Waals surface area contributed by atoms with Gasteiger partial charge >= 0.3 is 6.09 Å². The summed E-state index contributed by atoms with van der Waals surface area (Å²) in [5.41, 5.74) is 2.14. The van der Waals surface area contributed by atoms with Crippen LogP contribution >= 0.6 is 0 Å². The molecule has 0 unspecified atom stereocenters. The van der Waals surface area contributed by atoms with Crippen LogP contribution in [0.25, 0.3) is 0 Å². The van der Waals surface area contributed by atoms with Crippen LogP contribution in [-0.2, 0) is 4.74 Å². The highest BCUT2D eigenvalue weighted by molar-refractivity contribution is 5.61. The number of carbonyl (C=O) groups excluding carboxylic acids is 1. The molecule has 30 heavy (non-hydrogen) atoms. The molecule has 0 N–H and O–H groups in total. The van der Waals surface area contributed by atoms with Crippen LogP contribution in [0, 0.1) is 11.8 Å². The number of likely N-dealkylation sites (tertiary alicyclic amines) is 1. The van der Waals surface area contributed by atoms with E-state index in [1.165, 1.54) is 11.4 Å². The Balaban J connectivity index is 1.54. The topological polar surface area (TPSA) is 36.0 Å². The van der Waals surface area contributed by atoms with Crippen LogP contribution in [0.4, 0.5) is 16.2 Å². The highest BCUT2D eigenvalue weighted by atomic mass is 16.6. The molecule has 2 aliphatic rings. The van der Waals surface area contributed by atoms with E-state index in [-0.39, 0.29) is 6.09 Å². The number of hydrogen-bond acceptors (Lipinski definition) is 5. The van der Waals surface area contributed by atoms with Gasteiger partial charge in [0.1, 0.15) is 5.60 Å². The van der Waals surface area contributed by atoms with E-state index in [1.807, 2.05) is 27.8 Å². The second-order valence-electron chi connectivity index (χ2n) is 10.8. The molecule has 2 heterocycles. The minimum atomic E-state index is -0.427. The van der Waals surface area contributed by atoms with E-state index >= 15 is 0 Å². The number of amides is 1. The molecule has 6 nitrogen and oxygen atoms in total. The van der Waals surface area contributed by atoms with Gasteiger partial charge in [0.15, 0.2) is 0 Å². The van der Waals surface area contributed by atoms with Crippen molar-refractivity contribution in [1.29, 1.82) is 0 Å². The molecule has 2 aliphatic heterocycles. The van der Waals surface area contributed by atoms with Crippen molar-refractivity contribution in [3.8, 4) is 0 Å². The molecular weight excluding hydrogens is 376 g/mol. The van der Waals surface area contributed by atoms with Gasteiger partial charge in [0, 0.05) is 49.9 Å². The van der Waals surface area contributed by atoms with Crippen LogP contribution in [-0.4, -0.2) is 88.5 Å². The number of hydrogen-bond donors (Lipinski definition) is 0. The second-order valence-corrected chi connectivity index (χ2v) is 10.8. The van der Waals surface area contributed by atoms with Gasteiger partial charge in [-0.25, -0.2) is 4.48 Å². The van der Waals surface area contributed by atoms with Gasteiger partial charge in [-0.3, -0.25) is 0 Å². The van der Waals surface area contributed by atoms with Gasteiger partial charge in [-0.2, -0.15) is 4.79 Å². The van der Waals surface area contributed by atoms with Crippen molar-refractivity contribution < 1.29 is 14.0 Å². The van der Waals surface area contributed by atoms with Gasteiger partial charge in [0.25, 0.3) is 0 Å². The third-order valence-electron chi connectivity index (χ3n) is 6.44. The highest BCUT2D eigenvalue weighted by Gasteiger charge is 2.52. The standard InChI is InChI=1S/C24H41N4O2/c1-24(2,3)30-23(29)28(7)17-19-15-27(16-20(19)18-28)22-11-9-21(10-12-22)26(6)14-8-13-25(4)5/h9-12,19-20H,8,13-18H2,1-7H3/q+1/t19-,20+,28+. The maximum absolute atomic E-state index is 12.7. The minimum Gasteiger partial charge on any atom is -0.414 e. The Hall–Kier alpha value is -1.79. The summed E-state index contributed by atoms with van der Waals surface area (Å²) in [5.74, 6) is 1.10. The van der Waals surface area contributed by atoms with Crippen LogP contribution < -0.4 is 9.80 Å². The summed E-state index contributed by atoms with van der Waals surface area (Å²) in [7, 11) is 8.45. The Morgan fingerprint density at radius 3 is 2.13 bits per heavy atom. The molecule has 1 aromatic rings. The molecule has 0 bridgehead atoms. The Bertz CT molecular complexity index is 712. The predicted octanol–water partition coefficient (Wildman–Crippen LogP) is 3.52. The first-order chi connectivity index (χ1) is 14.0. The molecule has 0 radical (unpaired) electrons. The lowest BCUT2D eigenvalue weighted by Crippen LogP contribution is -2.51. The first-order valence-electron chi connectivity index (χ1n) is 11.3. The van der Waals surface area contributed by atoms with Crippen molar-refractivity contribution in [2.24, 2.45) is 11.8 Å². The SMILES string of the molecule is CN(C)CCCN(C)c1ccc(N2C[C@@H]3C[N@+](C)(C(=O)OC(C)(C)C)C[C@@H]3C2)cc1. The lowest BCUT2D eigenvalue weighted by Gasteiger charge is -2.31. The first kappa shape index (κ1) is 22.9. The fraction of sp³-hybridized carbons (Fsp3) is 0.708. The summed E-state index contributed by atoms with van der Waals surface area (Å²) >= 11 is 0. The number of carbonyl (C=O) groups is 1. The molecule has 0 spiro atoms. The molecule has 2 fully saturated rings. The van der Waals surface area contributed by atoms with Crippen molar-refractivity contribution in [3.63, 3.8) is 0 Å². The predicted molar refractivity (Wildman–Crippen MR) is 124 cm³/mol. The third kappa shape index (κ3) is 5.46. The second kappa shape index (κ2) is 8.75. The molecule has 0 saturated carbocycles. The zero-order valence-corrected chi connectivity index (χ0v) is 20.0. The number of quaternary nitrogens is 1. The third-order valence-corrected chi connectivity index (χ3v) is 6.44. The van der Waals surface area contributed by atoms with Crippen LogP contribution in [0.5, 0.6) is 0 Å². The average Bonchev–Trinajstić information content (AvgIpc) is 3.16. The lowest BCUT2D eigenvalue weighted by molar-refractivity contribution is -0.828. The molecule has 2 saturated heterocycles. The number of nitrogens with zero attached hydrogens (tertiary/aromatic N) is 4. The fourth-order valence-corrected chi connectivity index (χ4v) is 4.87. The Morgan fingerprint density at radius 2 is 1.63 bits per heavy atom. The number of rotatable bonds is 6. The minimum absolute atomic E-state index is 0.0786. The van der Waals surface area contributed by atoms with Gasteiger partial charge in [0.05, 0.1) is 20.1 Å². The van der Waals surface area contributed by atoms with Gasteiger partial charge in [-0.05, 0) is 72.1 Å². The first-order valence-corrected chi connectivity index (χ1v) is 11.3. The van der Waals surface area contributed by atoms with E-state index in [2.05, 4.69) is 60.1 Å². The van der Waals surface area contributed by atoms with Crippen molar-refractivity contribution in [2.45, 2.75) is 32.8 Å². The van der Waals surface area contributed by atoms with E-state index in [9.17, 15) is 4.79 Å². The van der Waals surface area contributed by atoms with E-state index in [0.717, 1.165) is 45.7 Å². The Morgan fingerprint density at radius 1 is 1.07 bits per heavy atom. The maximum Gasteiger partial charge on any atom is 0.516 e. The van der Waals surface area contributed by atoms with Crippen molar-refractivity contribution in [3.05, 3.63) is 24.3 Å². The van der Waals surface area contributed by atoms with Gasteiger partial charge in [-0.1, -0.05) is 0 Å². The fourth-order valence-electron chi connectivity index (χ4n) is 4.87. The number of anilines is 2. The Kier molecular flexibility index (Phi) is 6.68.